The number of carbonyl (C=O) groups excluding carboxylic acids is 1. The third kappa shape index (κ3) is 3.96. The number of rotatable bonds is 4. The Bertz CT molecular complexity index is 729. The standard InChI is InChI=1S/C18H16FNO3/c19-16-8-14(18-15(9-16)11-22-12-23-18)6-7-17(21)20-10-13-4-2-1-3-5-13/h1-9H,10-12H2,(H,20,21). The van der Waals surface area contributed by atoms with Gasteiger partial charge >= 0.3 is 0 Å². The van der Waals surface area contributed by atoms with Crippen molar-refractivity contribution in [3.8, 4) is 5.75 Å². The minimum atomic E-state index is -0.387. The zero-order valence-corrected chi connectivity index (χ0v) is 12.4. The lowest BCUT2D eigenvalue weighted by Crippen LogP contribution is -2.20. The number of carbonyl (C=O) groups is 1. The van der Waals surface area contributed by atoms with Crippen LogP contribution < -0.4 is 10.1 Å². The van der Waals surface area contributed by atoms with Crippen LogP contribution in [0.2, 0.25) is 0 Å². The first-order valence-corrected chi connectivity index (χ1v) is 7.25. The van der Waals surface area contributed by atoms with Crippen molar-refractivity contribution >= 4 is 12.0 Å². The molecule has 0 saturated carbocycles. The average molecular weight is 313 g/mol. The summed E-state index contributed by atoms with van der Waals surface area (Å²) in [6, 6.07) is 12.3. The van der Waals surface area contributed by atoms with Gasteiger partial charge in [-0.25, -0.2) is 4.39 Å². The number of benzene rings is 2. The number of nitrogens with one attached hydrogen (secondary N) is 1. The molecule has 0 radical (unpaired) electrons. The fourth-order valence-corrected chi connectivity index (χ4v) is 2.34. The van der Waals surface area contributed by atoms with E-state index < -0.39 is 0 Å². The molecule has 23 heavy (non-hydrogen) atoms. The van der Waals surface area contributed by atoms with Crippen LogP contribution in [0.1, 0.15) is 16.7 Å². The highest BCUT2D eigenvalue weighted by Crippen LogP contribution is 2.30. The van der Waals surface area contributed by atoms with E-state index in [9.17, 15) is 9.18 Å². The molecule has 0 aliphatic carbocycles. The molecular formula is C18H16FNO3. The third-order valence-electron chi connectivity index (χ3n) is 3.43. The van der Waals surface area contributed by atoms with Gasteiger partial charge in [0.05, 0.1) is 6.61 Å². The Morgan fingerprint density at radius 1 is 1.26 bits per heavy atom. The molecule has 0 atom stereocenters. The summed E-state index contributed by atoms with van der Waals surface area (Å²) in [5.74, 6) is -0.0779. The zero-order chi connectivity index (χ0) is 16.1. The molecule has 5 heteroatoms. The molecule has 118 valence electrons. The van der Waals surface area contributed by atoms with E-state index in [0.717, 1.165) is 5.56 Å². The van der Waals surface area contributed by atoms with E-state index in [1.54, 1.807) is 6.08 Å². The lowest BCUT2D eigenvalue weighted by molar-refractivity contribution is -0.116. The van der Waals surface area contributed by atoms with Gasteiger partial charge in [-0.1, -0.05) is 30.3 Å². The topological polar surface area (TPSA) is 47.6 Å². The molecule has 1 heterocycles. The van der Waals surface area contributed by atoms with Crippen molar-refractivity contribution in [3.63, 3.8) is 0 Å². The molecule has 1 aliphatic heterocycles. The Labute approximate surface area is 133 Å². The van der Waals surface area contributed by atoms with Gasteiger partial charge in [0.15, 0.2) is 6.79 Å². The molecular weight excluding hydrogens is 297 g/mol. The van der Waals surface area contributed by atoms with Crippen molar-refractivity contribution < 1.29 is 18.7 Å². The molecule has 1 N–H and O–H groups in total. The molecule has 2 aromatic rings. The summed E-state index contributed by atoms with van der Waals surface area (Å²) in [6.45, 7) is 0.865. The predicted molar refractivity (Wildman–Crippen MR) is 84.0 cm³/mol. The number of halogens is 1. The first-order chi connectivity index (χ1) is 11.2. The van der Waals surface area contributed by atoms with Gasteiger partial charge in [-0.2, -0.15) is 0 Å². The quantitative estimate of drug-likeness (QED) is 0.883. The lowest BCUT2D eigenvalue weighted by atomic mass is 10.1. The molecule has 0 bridgehead atoms. The van der Waals surface area contributed by atoms with Gasteiger partial charge in [0.1, 0.15) is 11.6 Å². The Balaban J connectivity index is 1.68. The maximum Gasteiger partial charge on any atom is 0.244 e. The Morgan fingerprint density at radius 2 is 2.09 bits per heavy atom. The molecule has 0 unspecified atom stereocenters. The van der Waals surface area contributed by atoms with Crippen LogP contribution in [0.15, 0.2) is 48.5 Å². The van der Waals surface area contributed by atoms with Crippen molar-refractivity contribution in [2.45, 2.75) is 13.2 Å². The van der Waals surface area contributed by atoms with Crippen LogP contribution in [0.25, 0.3) is 6.08 Å². The maximum absolute atomic E-state index is 13.6. The highest BCUT2D eigenvalue weighted by Gasteiger charge is 2.15. The summed E-state index contributed by atoms with van der Waals surface area (Å²) in [7, 11) is 0. The number of amides is 1. The van der Waals surface area contributed by atoms with Crippen molar-refractivity contribution in [1.29, 1.82) is 0 Å². The molecule has 0 fully saturated rings. The predicted octanol–water partition coefficient (Wildman–Crippen LogP) is 3.02. The summed E-state index contributed by atoms with van der Waals surface area (Å²) in [5, 5.41) is 2.78. The number of hydrogen-bond acceptors (Lipinski definition) is 3. The second-order valence-electron chi connectivity index (χ2n) is 5.13. The van der Waals surface area contributed by atoms with Gasteiger partial charge in [0.25, 0.3) is 0 Å². The Kier molecular flexibility index (Phi) is 4.68. The normalized spacial score (nSPS) is 13.4. The summed E-state index contributed by atoms with van der Waals surface area (Å²) in [5.41, 5.74) is 2.18. The summed E-state index contributed by atoms with van der Waals surface area (Å²) < 4.78 is 24.1. The van der Waals surface area contributed by atoms with E-state index in [2.05, 4.69) is 5.32 Å². The lowest BCUT2D eigenvalue weighted by Gasteiger charge is -2.19. The van der Waals surface area contributed by atoms with Crippen LogP contribution in [0.5, 0.6) is 5.75 Å². The fourth-order valence-electron chi connectivity index (χ4n) is 2.34. The van der Waals surface area contributed by atoms with Gasteiger partial charge in [-0.3, -0.25) is 4.79 Å². The number of ether oxygens (including phenoxy) is 2. The largest absolute Gasteiger partial charge is 0.467 e. The molecule has 0 aromatic heterocycles. The van der Waals surface area contributed by atoms with Gasteiger partial charge in [-0.05, 0) is 23.8 Å². The van der Waals surface area contributed by atoms with Gasteiger partial charge in [0.2, 0.25) is 5.91 Å². The zero-order valence-electron chi connectivity index (χ0n) is 12.4. The summed E-state index contributed by atoms with van der Waals surface area (Å²) in [4.78, 5) is 11.9. The van der Waals surface area contributed by atoms with Crippen molar-refractivity contribution in [2.75, 3.05) is 6.79 Å². The van der Waals surface area contributed by atoms with E-state index in [1.165, 1.54) is 18.2 Å². The fraction of sp³-hybridized carbons (Fsp3) is 0.167. The minimum absolute atomic E-state index is 0.125. The third-order valence-corrected chi connectivity index (χ3v) is 3.43. The summed E-state index contributed by atoms with van der Waals surface area (Å²) >= 11 is 0. The summed E-state index contributed by atoms with van der Waals surface area (Å²) in [6.07, 6.45) is 2.92. The Morgan fingerprint density at radius 3 is 2.91 bits per heavy atom. The van der Waals surface area contributed by atoms with E-state index in [4.69, 9.17) is 9.47 Å². The molecule has 0 saturated heterocycles. The van der Waals surface area contributed by atoms with E-state index in [1.807, 2.05) is 30.3 Å². The van der Waals surface area contributed by atoms with Crippen LogP contribution in [0.3, 0.4) is 0 Å². The van der Waals surface area contributed by atoms with Crippen LogP contribution in [-0.2, 0) is 22.7 Å². The molecule has 2 aromatic carbocycles. The molecule has 4 nitrogen and oxygen atoms in total. The van der Waals surface area contributed by atoms with E-state index in [-0.39, 0.29) is 18.5 Å². The van der Waals surface area contributed by atoms with Gasteiger partial charge < -0.3 is 14.8 Å². The first-order valence-electron chi connectivity index (χ1n) is 7.25. The van der Waals surface area contributed by atoms with Crippen LogP contribution in [0, 0.1) is 5.82 Å². The number of fused-ring (bicyclic) bond motifs is 1. The maximum atomic E-state index is 13.6. The molecule has 1 aliphatic rings. The van der Waals surface area contributed by atoms with Gasteiger partial charge in [0, 0.05) is 23.7 Å². The SMILES string of the molecule is O=C(C=Cc1cc(F)cc2c1OCOC2)NCc1ccccc1. The number of hydrogen-bond donors (Lipinski definition) is 1. The highest BCUT2D eigenvalue weighted by atomic mass is 19.1. The van der Waals surface area contributed by atoms with Gasteiger partial charge in [-0.15, -0.1) is 0 Å². The second kappa shape index (κ2) is 7.07. The first kappa shape index (κ1) is 15.2. The van der Waals surface area contributed by atoms with E-state index >= 15 is 0 Å². The molecule has 0 spiro atoms. The second-order valence-corrected chi connectivity index (χ2v) is 5.13. The molecule has 3 rings (SSSR count). The van der Waals surface area contributed by atoms with Crippen LogP contribution >= 0.6 is 0 Å². The monoisotopic (exact) mass is 313 g/mol. The van der Waals surface area contributed by atoms with Crippen molar-refractivity contribution in [2.24, 2.45) is 0 Å². The van der Waals surface area contributed by atoms with Crippen molar-refractivity contribution in [3.05, 3.63) is 71.0 Å². The van der Waals surface area contributed by atoms with E-state index in [0.29, 0.717) is 30.0 Å². The minimum Gasteiger partial charge on any atom is -0.467 e. The average Bonchev–Trinajstić information content (AvgIpc) is 2.58. The smallest absolute Gasteiger partial charge is 0.244 e. The molecule has 1 amide bonds. The Hall–Kier alpha value is -2.66. The van der Waals surface area contributed by atoms with Crippen LogP contribution in [-0.4, -0.2) is 12.7 Å². The highest BCUT2D eigenvalue weighted by molar-refractivity contribution is 5.92. The van der Waals surface area contributed by atoms with Crippen LogP contribution in [0.4, 0.5) is 4.39 Å². The van der Waals surface area contributed by atoms with Crippen molar-refractivity contribution in [1.82, 2.24) is 5.32 Å².